The molecule has 0 bridgehead atoms. The Labute approximate surface area is 145 Å². The molecule has 126 valence electrons. The van der Waals surface area contributed by atoms with Gasteiger partial charge in [0.25, 0.3) is 11.8 Å². The van der Waals surface area contributed by atoms with Gasteiger partial charge in [0.2, 0.25) is 0 Å². The van der Waals surface area contributed by atoms with E-state index in [-0.39, 0.29) is 17.9 Å². The molecule has 0 aliphatic carbocycles. The number of para-hydroxylation sites is 1. The maximum absolute atomic E-state index is 12.5. The summed E-state index contributed by atoms with van der Waals surface area (Å²) >= 11 is 1.39. The van der Waals surface area contributed by atoms with Gasteiger partial charge in [0.15, 0.2) is 0 Å². The minimum Gasteiger partial charge on any atom is -0.376 e. The van der Waals surface area contributed by atoms with E-state index in [1.165, 1.54) is 16.2 Å². The van der Waals surface area contributed by atoms with Crippen molar-refractivity contribution in [3.05, 3.63) is 52.2 Å². The summed E-state index contributed by atoms with van der Waals surface area (Å²) in [6.45, 7) is 1.25. The van der Waals surface area contributed by atoms with E-state index in [0.29, 0.717) is 22.7 Å². The Morgan fingerprint density at radius 1 is 1.29 bits per heavy atom. The van der Waals surface area contributed by atoms with Gasteiger partial charge in [0.1, 0.15) is 0 Å². The second kappa shape index (κ2) is 7.59. The van der Waals surface area contributed by atoms with E-state index in [0.717, 1.165) is 19.4 Å². The molecular formula is C18H20N2O3S. The smallest absolute Gasteiger partial charge is 0.268 e. The molecule has 5 nitrogen and oxygen atoms in total. The summed E-state index contributed by atoms with van der Waals surface area (Å²) < 4.78 is 5.53. The number of nitrogens with zero attached hydrogens (tertiary/aromatic N) is 1. The monoisotopic (exact) mass is 344 g/mol. The summed E-state index contributed by atoms with van der Waals surface area (Å²) in [7, 11) is 1.69. The minimum atomic E-state index is -0.188. The molecule has 1 unspecified atom stereocenters. The van der Waals surface area contributed by atoms with Crippen molar-refractivity contribution in [3.63, 3.8) is 0 Å². The van der Waals surface area contributed by atoms with Crippen molar-refractivity contribution in [1.82, 2.24) is 5.32 Å². The molecule has 1 aromatic carbocycles. The van der Waals surface area contributed by atoms with Crippen molar-refractivity contribution in [2.24, 2.45) is 0 Å². The largest absolute Gasteiger partial charge is 0.376 e. The highest BCUT2D eigenvalue weighted by Gasteiger charge is 2.21. The first-order valence-electron chi connectivity index (χ1n) is 7.97. The van der Waals surface area contributed by atoms with Crippen LogP contribution in [0.4, 0.5) is 5.69 Å². The molecule has 2 amide bonds. The number of nitrogens with one attached hydrogen (secondary N) is 1. The van der Waals surface area contributed by atoms with Gasteiger partial charge < -0.3 is 15.0 Å². The van der Waals surface area contributed by atoms with Gasteiger partial charge in [-0.3, -0.25) is 9.59 Å². The number of hydrogen-bond donors (Lipinski definition) is 1. The first-order chi connectivity index (χ1) is 11.7. The van der Waals surface area contributed by atoms with Crippen molar-refractivity contribution in [3.8, 4) is 0 Å². The Hall–Kier alpha value is -2.18. The van der Waals surface area contributed by atoms with E-state index < -0.39 is 0 Å². The van der Waals surface area contributed by atoms with Crippen LogP contribution in [0.2, 0.25) is 0 Å². The molecule has 0 radical (unpaired) electrons. The zero-order chi connectivity index (χ0) is 16.9. The van der Waals surface area contributed by atoms with E-state index in [1.54, 1.807) is 31.3 Å². The Bertz CT molecular complexity index is 709. The molecule has 1 saturated heterocycles. The van der Waals surface area contributed by atoms with E-state index in [9.17, 15) is 9.59 Å². The molecule has 3 rings (SSSR count). The lowest BCUT2D eigenvalue weighted by Crippen LogP contribution is -2.34. The number of benzene rings is 1. The molecule has 24 heavy (non-hydrogen) atoms. The molecule has 1 aliphatic rings. The Balaban J connectivity index is 1.74. The van der Waals surface area contributed by atoms with Gasteiger partial charge in [0, 0.05) is 20.2 Å². The van der Waals surface area contributed by atoms with Gasteiger partial charge in [-0.05, 0) is 36.4 Å². The van der Waals surface area contributed by atoms with Crippen LogP contribution in [-0.4, -0.2) is 38.1 Å². The number of carbonyl (C=O) groups excluding carboxylic acids is 2. The van der Waals surface area contributed by atoms with Crippen LogP contribution in [0.5, 0.6) is 0 Å². The quantitative estimate of drug-likeness (QED) is 0.907. The van der Waals surface area contributed by atoms with Gasteiger partial charge in [-0.15, -0.1) is 11.3 Å². The number of amides is 2. The van der Waals surface area contributed by atoms with Crippen LogP contribution in [-0.2, 0) is 4.74 Å². The van der Waals surface area contributed by atoms with Crippen LogP contribution in [0.3, 0.4) is 0 Å². The van der Waals surface area contributed by atoms with E-state index in [1.807, 2.05) is 17.5 Å². The SMILES string of the molecule is CN(C(=O)c1cccs1)c1ccccc1C(=O)NCC1CCCO1. The summed E-state index contributed by atoms with van der Waals surface area (Å²) in [6, 6.07) is 10.8. The molecule has 6 heteroatoms. The second-order valence-corrected chi connectivity index (χ2v) is 6.65. The highest BCUT2D eigenvalue weighted by molar-refractivity contribution is 7.12. The number of thiophene rings is 1. The van der Waals surface area contributed by atoms with Crippen molar-refractivity contribution >= 4 is 28.8 Å². The maximum atomic E-state index is 12.5. The zero-order valence-electron chi connectivity index (χ0n) is 13.5. The van der Waals surface area contributed by atoms with Gasteiger partial charge in [0.05, 0.1) is 22.2 Å². The summed E-state index contributed by atoms with van der Waals surface area (Å²) in [6.07, 6.45) is 2.10. The van der Waals surface area contributed by atoms with E-state index >= 15 is 0 Å². The molecule has 2 aromatic rings. The molecule has 1 aliphatic heterocycles. The van der Waals surface area contributed by atoms with E-state index in [4.69, 9.17) is 4.74 Å². The average Bonchev–Trinajstić information content (AvgIpc) is 3.31. The molecule has 2 heterocycles. The third-order valence-corrected chi connectivity index (χ3v) is 4.92. The Kier molecular flexibility index (Phi) is 5.27. The standard InChI is InChI=1S/C18H20N2O3S/c1-20(18(22)16-9-5-11-24-16)15-8-3-2-7-14(15)17(21)19-12-13-6-4-10-23-13/h2-3,5,7-9,11,13H,4,6,10,12H2,1H3,(H,19,21). The summed E-state index contributed by atoms with van der Waals surface area (Å²) in [5, 5.41) is 4.77. The van der Waals surface area contributed by atoms with Crippen LogP contribution >= 0.6 is 11.3 Å². The van der Waals surface area contributed by atoms with Gasteiger partial charge in [-0.2, -0.15) is 0 Å². The van der Waals surface area contributed by atoms with Gasteiger partial charge in [-0.1, -0.05) is 18.2 Å². The van der Waals surface area contributed by atoms with Crippen molar-refractivity contribution in [1.29, 1.82) is 0 Å². The zero-order valence-corrected chi connectivity index (χ0v) is 14.3. The van der Waals surface area contributed by atoms with Crippen LogP contribution in [0, 0.1) is 0 Å². The van der Waals surface area contributed by atoms with E-state index in [2.05, 4.69) is 5.32 Å². The lowest BCUT2D eigenvalue weighted by Gasteiger charge is -2.20. The Morgan fingerprint density at radius 2 is 2.12 bits per heavy atom. The third-order valence-electron chi connectivity index (χ3n) is 4.06. The van der Waals surface area contributed by atoms with Crippen molar-refractivity contribution < 1.29 is 14.3 Å². The minimum absolute atomic E-state index is 0.0894. The van der Waals surface area contributed by atoms with Crippen molar-refractivity contribution in [2.75, 3.05) is 25.1 Å². The van der Waals surface area contributed by atoms with Crippen LogP contribution in [0.25, 0.3) is 0 Å². The predicted molar refractivity (Wildman–Crippen MR) is 94.8 cm³/mol. The highest BCUT2D eigenvalue weighted by atomic mass is 32.1. The first kappa shape index (κ1) is 16.7. The molecule has 1 N–H and O–H groups in total. The van der Waals surface area contributed by atoms with Crippen LogP contribution < -0.4 is 10.2 Å². The summed E-state index contributed by atoms with van der Waals surface area (Å²) in [5.41, 5.74) is 1.09. The molecule has 0 saturated carbocycles. The number of ether oxygens (including phenoxy) is 1. The lowest BCUT2D eigenvalue weighted by atomic mass is 10.1. The summed E-state index contributed by atoms with van der Waals surface area (Å²) in [4.78, 5) is 27.2. The topological polar surface area (TPSA) is 58.6 Å². The fourth-order valence-electron chi connectivity index (χ4n) is 2.74. The first-order valence-corrected chi connectivity index (χ1v) is 8.85. The number of hydrogen-bond acceptors (Lipinski definition) is 4. The van der Waals surface area contributed by atoms with Crippen molar-refractivity contribution in [2.45, 2.75) is 18.9 Å². The molecule has 1 fully saturated rings. The molecule has 1 aromatic heterocycles. The van der Waals surface area contributed by atoms with Crippen LogP contribution in [0.1, 0.15) is 32.9 Å². The fraction of sp³-hybridized carbons (Fsp3) is 0.333. The number of rotatable bonds is 5. The average molecular weight is 344 g/mol. The second-order valence-electron chi connectivity index (χ2n) is 5.70. The maximum Gasteiger partial charge on any atom is 0.268 e. The molecule has 0 spiro atoms. The Morgan fingerprint density at radius 3 is 2.83 bits per heavy atom. The number of anilines is 1. The van der Waals surface area contributed by atoms with Gasteiger partial charge in [-0.25, -0.2) is 0 Å². The predicted octanol–water partition coefficient (Wildman–Crippen LogP) is 2.93. The third kappa shape index (κ3) is 3.66. The van der Waals surface area contributed by atoms with Crippen LogP contribution in [0.15, 0.2) is 41.8 Å². The fourth-order valence-corrected chi connectivity index (χ4v) is 3.44. The highest BCUT2D eigenvalue weighted by Crippen LogP contribution is 2.22. The lowest BCUT2D eigenvalue weighted by molar-refractivity contribution is 0.0858. The molecule has 1 atom stereocenters. The molecular weight excluding hydrogens is 324 g/mol. The number of carbonyl (C=O) groups is 2. The summed E-state index contributed by atoms with van der Waals surface area (Å²) in [5.74, 6) is -0.309. The normalized spacial score (nSPS) is 16.8. The van der Waals surface area contributed by atoms with Gasteiger partial charge >= 0.3 is 0 Å².